The minimum Gasteiger partial charge on any atom is -0.316 e. The largest absolute Gasteiger partial charge is 0.316 e. The summed E-state index contributed by atoms with van der Waals surface area (Å²) in [5, 5.41) is 23.5. The fourth-order valence-corrected chi connectivity index (χ4v) is 10.4. The van der Waals surface area contributed by atoms with E-state index >= 15 is 0 Å². The second-order valence-electron chi connectivity index (χ2n) is 11.9. The van der Waals surface area contributed by atoms with Gasteiger partial charge < -0.3 is 9.88 Å². The quantitative estimate of drug-likeness (QED) is 0.414. The number of rotatable bonds is 8. The van der Waals surface area contributed by atoms with Crippen LogP contribution in [-0.4, -0.2) is 26.4 Å². The van der Waals surface area contributed by atoms with E-state index in [0.29, 0.717) is 16.9 Å². The number of nitrogens with one attached hydrogen (secondary N) is 1. The van der Waals surface area contributed by atoms with Crippen LogP contribution in [0.2, 0.25) is 0 Å². The topological polar surface area (TPSA) is 83.6 Å². The van der Waals surface area contributed by atoms with Gasteiger partial charge in [-0.3, -0.25) is 4.79 Å². The first-order valence-electron chi connectivity index (χ1n) is 13.9. The lowest BCUT2D eigenvalue weighted by Crippen LogP contribution is -2.47. The minimum absolute atomic E-state index is 0.0737. The molecule has 1 atom stereocenters. The van der Waals surface area contributed by atoms with Crippen molar-refractivity contribution in [3.05, 3.63) is 21.8 Å². The Morgan fingerprint density at radius 1 is 1.19 bits per heavy atom. The Balaban J connectivity index is 1.11. The zero-order valence-corrected chi connectivity index (χ0v) is 23.1. The van der Waals surface area contributed by atoms with Crippen molar-refractivity contribution in [2.24, 2.45) is 29.1 Å². The number of carbonyl (C=O) groups is 1. The number of anilines is 1. The summed E-state index contributed by atoms with van der Waals surface area (Å²) in [6.45, 7) is 5.21. The number of carbonyl (C=O) groups excluding carboxylic acids is 1. The second kappa shape index (κ2) is 9.79. The normalized spacial score (nSPS) is 30.2. The van der Waals surface area contributed by atoms with Gasteiger partial charge in [0.2, 0.25) is 5.91 Å². The van der Waals surface area contributed by atoms with E-state index in [4.69, 9.17) is 0 Å². The number of thiophene rings is 1. The predicted molar refractivity (Wildman–Crippen MR) is 144 cm³/mol. The summed E-state index contributed by atoms with van der Waals surface area (Å²) in [7, 11) is 0. The Morgan fingerprint density at radius 2 is 1.92 bits per heavy atom. The van der Waals surface area contributed by atoms with Gasteiger partial charge in [0, 0.05) is 17.8 Å². The highest BCUT2D eigenvalue weighted by Crippen LogP contribution is 2.61. The zero-order chi connectivity index (χ0) is 24.9. The van der Waals surface area contributed by atoms with Crippen molar-refractivity contribution in [1.82, 2.24) is 14.8 Å². The number of aromatic nitrogens is 3. The van der Waals surface area contributed by atoms with Crippen molar-refractivity contribution in [3.8, 4) is 6.07 Å². The van der Waals surface area contributed by atoms with Crippen molar-refractivity contribution in [2.75, 3.05) is 11.1 Å². The molecule has 36 heavy (non-hydrogen) atoms. The molecule has 5 aliphatic carbocycles. The first kappa shape index (κ1) is 24.5. The minimum atomic E-state index is -0.0737. The molecule has 0 spiro atoms. The molecule has 192 valence electrons. The SMILES string of the molecule is CCC1CCc2c(sc(NC(=O)CSc3nnc(CC45CC6CC(CC(C6)C4)C5)n3CC)c2C#N)C1. The first-order chi connectivity index (χ1) is 17.5. The molecule has 4 bridgehead atoms. The maximum absolute atomic E-state index is 12.9. The van der Waals surface area contributed by atoms with Gasteiger partial charge in [0.1, 0.15) is 16.9 Å². The van der Waals surface area contributed by atoms with Crippen LogP contribution in [0.5, 0.6) is 0 Å². The molecule has 2 heterocycles. The molecule has 0 saturated heterocycles. The summed E-state index contributed by atoms with van der Waals surface area (Å²) in [6, 6.07) is 2.36. The molecule has 1 amide bonds. The maximum Gasteiger partial charge on any atom is 0.235 e. The monoisotopic (exact) mass is 523 g/mol. The van der Waals surface area contributed by atoms with E-state index in [2.05, 4.69) is 40.0 Å². The Labute approximate surface area is 222 Å². The number of nitrogens with zero attached hydrogens (tertiary/aromatic N) is 4. The van der Waals surface area contributed by atoms with E-state index in [1.807, 2.05) is 0 Å². The number of amides is 1. The Kier molecular flexibility index (Phi) is 6.66. The average molecular weight is 524 g/mol. The summed E-state index contributed by atoms with van der Waals surface area (Å²) in [6.07, 6.45) is 13.8. The van der Waals surface area contributed by atoms with Crippen molar-refractivity contribution in [1.29, 1.82) is 5.26 Å². The summed E-state index contributed by atoms with van der Waals surface area (Å²) in [5.41, 5.74) is 2.27. The molecule has 4 saturated carbocycles. The predicted octanol–water partition coefficient (Wildman–Crippen LogP) is 6.24. The third-order valence-corrected chi connectivity index (χ3v) is 11.6. The van der Waals surface area contributed by atoms with Gasteiger partial charge in [0.15, 0.2) is 5.16 Å². The molecular weight excluding hydrogens is 486 g/mol. The highest BCUT2D eigenvalue weighted by molar-refractivity contribution is 7.99. The molecule has 0 aromatic carbocycles. The number of thioether (sulfide) groups is 1. The third-order valence-electron chi connectivity index (χ3n) is 9.45. The fourth-order valence-electron chi connectivity index (χ4n) is 8.22. The maximum atomic E-state index is 12.9. The molecular formula is C28H37N5OS2. The number of nitriles is 1. The molecule has 2 aromatic rings. The van der Waals surface area contributed by atoms with E-state index < -0.39 is 0 Å². The van der Waals surface area contributed by atoms with Gasteiger partial charge in [-0.05, 0) is 99.4 Å². The summed E-state index contributed by atoms with van der Waals surface area (Å²) in [5.74, 6) is 4.79. The van der Waals surface area contributed by atoms with Gasteiger partial charge in [-0.1, -0.05) is 25.1 Å². The molecule has 0 radical (unpaired) electrons. The first-order valence-corrected chi connectivity index (χ1v) is 15.7. The van der Waals surface area contributed by atoms with Gasteiger partial charge in [0.25, 0.3) is 0 Å². The van der Waals surface area contributed by atoms with Crippen LogP contribution in [0.1, 0.15) is 87.0 Å². The second-order valence-corrected chi connectivity index (χ2v) is 14.0. The van der Waals surface area contributed by atoms with Crippen LogP contribution in [0.3, 0.4) is 0 Å². The van der Waals surface area contributed by atoms with Crippen molar-refractivity contribution >= 4 is 34.0 Å². The molecule has 7 rings (SSSR count). The van der Waals surface area contributed by atoms with Crippen LogP contribution in [-0.2, 0) is 30.6 Å². The Hall–Kier alpha value is -1.85. The van der Waals surface area contributed by atoms with Crippen LogP contribution in [0.15, 0.2) is 5.16 Å². The fraction of sp³-hybridized carbons (Fsp3) is 0.714. The van der Waals surface area contributed by atoms with Gasteiger partial charge >= 0.3 is 0 Å². The molecule has 6 nitrogen and oxygen atoms in total. The zero-order valence-electron chi connectivity index (χ0n) is 21.5. The smallest absolute Gasteiger partial charge is 0.235 e. The van der Waals surface area contributed by atoms with Crippen LogP contribution < -0.4 is 5.32 Å². The van der Waals surface area contributed by atoms with Gasteiger partial charge in [-0.25, -0.2) is 0 Å². The van der Waals surface area contributed by atoms with Gasteiger partial charge in [0.05, 0.1) is 11.3 Å². The average Bonchev–Trinajstić information content (AvgIpc) is 3.40. The van der Waals surface area contributed by atoms with Crippen molar-refractivity contribution in [2.45, 2.75) is 96.2 Å². The molecule has 5 aliphatic rings. The summed E-state index contributed by atoms with van der Waals surface area (Å²) < 4.78 is 2.23. The van der Waals surface area contributed by atoms with Crippen LogP contribution in [0.25, 0.3) is 0 Å². The molecule has 1 N–H and O–H groups in total. The standard InChI is InChI=1S/C28H37N5OS2/c1-3-17-5-6-21-22(15-29)26(36-23(21)10-17)30-25(34)16-35-27-32-31-24(33(27)4-2)14-28-11-18-7-19(12-28)9-20(8-18)13-28/h17-20H,3-14,16H2,1-2H3,(H,30,34). The van der Waals surface area contributed by atoms with E-state index in [-0.39, 0.29) is 11.7 Å². The summed E-state index contributed by atoms with van der Waals surface area (Å²) in [4.78, 5) is 14.2. The molecule has 2 aromatic heterocycles. The van der Waals surface area contributed by atoms with Crippen LogP contribution in [0, 0.1) is 40.4 Å². The van der Waals surface area contributed by atoms with Crippen molar-refractivity contribution < 1.29 is 4.79 Å². The van der Waals surface area contributed by atoms with Gasteiger partial charge in [-0.2, -0.15) is 5.26 Å². The molecule has 8 heteroatoms. The van der Waals surface area contributed by atoms with Crippen molar-refractivity contribution in [3.63, 3.8) is 0 Å². The lowest BCUT2D eigenvalue weighted by Gasteiger charge is -2.56. The van der Waals surface area contributed by atoms with E-state index in [9.17, 15) is 10.1 Å². The third kappa shape index (κ3) is 4.51. The van der Waals surface area contributed by atoms with Gasteiger partial charge in [-0.15, -0.1) is 21.5 Å². The summed E-state index contributed by atoms with van der Waals surface area (Å²) >= 11 is 3.06. The highest BCUT2D eigenvalue weighted by atomic mass is 32.2. The van der Waals surface area contributed by atoms with E-state index in [1.54, 1.807) is 11.3 Å². The molecule has 0 aliphatic heterocycles. The lowest BCUT2D eigenvalue weighted by atomic mass is 9.49. The van der Waals surface area contributed by atoms with Crippen LogP contribution >= 0.6 is 23.1 Å². The Bertz CT molecular complexity index is 1160. The van der Waals surface area contributed by atoms with E-state index in [0.717, 1.165) is 71.5 Å². The lowest BCUT2D eigenvalue weighted by molar-refractivity contribution is -0.113. The Morgan fingerprint density at radius 3 is 2.56 bits per heavy atom. The number of hydrogen-bond acceptors (Lipinski definition) is 6. The molecule has 1 unspecified atom stereocenters. The van der Waals surface area contributed by atoms with E-state index in [1.165, 1.54) is 61.6 Å². The number of fused-ring (bicyclic) bond motifs is 1. The molecule has 4 fully saturated rings. The van der Waals surface area contributed by atoms with Crippen LogP contribution in [0.4, 0.5) is 5.00 Å². The highest BCUT2D eigenvalue weighted by Gasteiger charge is 2.51. The number of hydrogen-bond donors (Lipinski definition) is 1.